The fourth-order valence-corrected chi connectivity index (χ4v) is 4.08. The van der Waals surface area contributed by atoms with Crippen LogP contribution in [0.15, 0.2) is 56.7 Å². The zero-order valence-electron chi connectivity index (χ0n) is 10.2. The predicted molar refractivity (Wildman–Crippen MR) is 78.8 cm³/mol. The van der Waals surface area contributed by atoms with Crippen molar-refractivity contribution in [1.29, 1.82) is 0 Å². The van der Waals surface area contributed by atoms with E-state index < -0.39 is 10.0 Å². The molecule has 1 heterocycles. The van der Waals surface area contributed by atoms with Crippen LogP contribution in [0, 0.1) is 0 Å². The summed E-state index contributed by atoms with van der Waals surface area (Å²) in [6.07, 6.45) is 7.07. The highest BCUT2D eigenvalue weighted by atomic mass is 32.2. The molecule has 98 valence electrons. The number of hydrogen-bond acceptors (Lipinski definition) is 3. The van der Waals surface area contributed by atoms with Crippen LogP contribution in [0.5, 0.6) is 0 Å². The summed E-state index contributed by atoms with van der Waals surface area (Å²) < 4.78 is 22.9. The maximum Gasteiger partial charge on any atom is 0.234 e. The summed E-state index contributed by atoms with van der Waals surface area (Å²) >= 11 is 1.60. The van der Waals surface area contributed by atoms with Crippen molar-refractivity contribution in [3.05, 3.63) is 57.4 Å². The van der Waals surface area contributed by atoms with E-state index in [1.54, 1.807) is 17.8 Å². The van der Waals surface area contributed by atoms with E-state index in [0.717, 1.165) is 21.8 Å². The lowest BCUT2D eigenvalue weighted by atomic mass is 10.0. The number of fused-ring (bicyclic) bond motifs is 1. The highest BCUT2D eigenvalue weighted by molar-refractivity contribution is 8.03. The molecule has 19 heavy (non-hydrogen) atoms. The van der Waals surface area contributed by atoms with Gasteiger partial charge >= 0.3 is 0 Å². The predicted octanol–water partition coefficient (Wildman–Crippen LogP) is 3.03. The van der Waals surface area contributed by atoms with Gasteiger partial charge in [-0.15, -0.1) is 0 Å². The molecule has 3 rings (SSSR count). The van der Waals surface area contributed by atoms with Crippen molar-refractivity contribution in [2.45, 2.75) is 17.7 Å². The Kier molecular flexibility index (Phi) is 3.12. The van der Waals surface area contributed by atoms with Crippen LogP contribution >= 0.6 is 11.8 Å². The van der Waals surface area contributed by atoms with Crippen LogP contribution in [0.25, 0.3) is 6.08 Å². The molecule has 1 aromatic rings. The van der Waals surface area contributed by atoms with Crippen LogP contribution in [-0.4, -0.2) is 8.42 Å². The summed E-state index contributed by atoms with van der Waals surface area (Å²) in [5.41, 5.74) is 2.33. The van der Waals surface area contributed by atoms with Crippen molar-refractivity contribution in [2.75, 3.05) is 0 Å². The highest BCUT2D eigenvalue weighted by Gasteiger charge is 2.21. The van der Waals surface area contributed by atoms with Crippen LogP contribution in [0.1, 0.15) is 18.4 Å². The summed E-state index contributed by atoms with van der Waals surface area (Å²) in [5, 5.41) is 5.22. The maximum absolute atomic E-state index is 11.5. The molecule has 0 amide bonds. The van der Waals surface area contributed by atoms with Crippen molar-refractivity contribution < 1.29 is 8.42 Å². The molecule has 0 atom stereocenters. The van der Waals surface area contributed by atoms with Crippen molar-refractivity contribution in [3.8, 4) is 0 Å². The quantitative estimate of drug-likeness (QED) is 0.865. The average molecular weight is 291 g/mol. The molecule has 0 saturated carbocycles. The molecule has 1 aliphatic carbocycles. The zero-order valence-corrected chi connectivity index (χ0v) is 11.8. The number of rotatable bonds is 1. The van der Waals surface area contributed by atoms with Crippen LogP contribution in [0.3, 0.4) is 0 Å². The number of primary sulfonamides is 1. The second-order valence-corrected chi connectivity index (χ2v) is 7.22. The summed E-state index contributed by atoms with van der Waals surface area (Å²) in [6.45, 7) is 0. The van der Waals surface area contributed by atoms with Gasteiger partial charge in [0.1, 0.15) is 0 Å². The normalized spacial score (nSPS) is 18.5. The van der Waals surface area contributed by atoms with Gasteiger partial charge in [-0.1, -0.05) is 42.1 Å². The van der Waals surface area contributed by atoms with E-state index in [2.05, 4.69) is 18.2 Å². The van der Waals surface area contributed by atoms with Gasteiger partial charge in [0.2, 0.25) is 10.0 Å². The molecule has 0 radical (unpaired) electrons. The number of thioether (sulfide) groups is 1. The van der Waals surface area contributed by atoms with E-state index in [9.17, 15) is 8.42 Å². The Morgan fingerprint density at radius 1 is 1.11 bits per heavy atom. The van der Waals surface area contributed by atoms with Gasteiger partial charge in [0.15, 0.2) is 0 Å². The molecule has 0 saturated heterocycles. The van der Waals surface area contributed by atoms with Crippen LogP contribution in [0.4, 0.5) is 0 Å². The third kappa shape index (κ3) is 2.54. The number of benzene rings is 1. The molecule has 5 heteroatoms. The molecule has 0 fully saturated rings. The van der Waals surface area contributed by atoms with Gasteiger partial charge in [-0.25, -0.2) is 13.6 Å². The summed E-state index contributed by atoms with van der Waals surface area (Å²) in [7, 11) is -3.58. The minimum absolute atomic E-state index is 0.325. The molecule has 2 N–H and O–H groups in total. The second-order valence-electron chi connectivity index (χ2n) is 4.52. The molecule has 2 aliphatic rings. The van der Waals surface area contributed by atoms with Crippen molar-refractivity contribution in [1.82, 2.24) is 0 Å². The maximum atomic E-state index is 11.5. The fraction of sp³-hybridized carbons (Fsp3) is 0.143. The first kappa shape index (κ1) is 12.7. The molecule has 0 unspecified atom stereocenters. The first-order chi connectivity index (χ1) is 9.04. The molecule has 0 spiro atoms. The standard InChI is InChI=1S/C14H13NO2S2/c15-19(16,17)12-8-7-11-6-5-10-3-1-2-4-13(10)18-14(11)9-12/h1-6,9H,7-8H2,(H2,15,16,17). The first-order valence-electron chi connectivity index (χ1n) is 5.95. The average Bonchev–Trinajstić information content (AvgIpc) is 2.55. The number of allylic oxidation sites excluding steroid dienone is 4. The van der Waals surface area contributed by atoms with Crippen molar-refractivity contribution in [3.63, 3.8) is 0 Å². The molecule has 3 nitrogen and oxygen atoms in total. The minimum Gasteiger partial charge on any atom is -0.225 e. The highest BCUT2D eigenvalue weighted by Crippen LogP contribution is 2.41. The number of sulfonamides is 1. The van der Waals surface area contributed by atoms with E-state index >= 15 is 0 Å². The van der Waals surface area contributed by atoms with Gasteiger partial charge in [-0.2, -0.15) is 0 Å². The van der Waals surface area contributed by atoms with Gasteiger partial charge in [0.05, 0.1) is 4.91 Å². The largest absolute Gasteiger partial charge is 0.234 e. The summed E-state index contributed by atoms with van der Waals surface area (Å²) in [4.78, 5) is 2.44. The van der Waals surface area contributed by atoms with E-state index in [1.807, 2.05) is 18.2 Å². The zero-order chi connectivity index (χ0) is 13.5. The SMILES string of the molecule is NS(=O)(=O)C1=CC2=C(C=Cc3ccccc3S2)CC1. The smallest absolute Gasteiger partial charge is 0.225 e. The fourth-order valence-electron chi connectivity index (χ4n) is 2.20. The Morgan fingerprint density at radius 3 is 2.68 bits per heavy atom. The Labute approximate surface area is 116 Å². The van der Waals surface area contributed by atoms with E-state index in [4.69, 9.17) is 5.14 Å². The van der Waals surface area contributed by atoms with E-state index in [-0.39, 0.29) is 0 Å². The van der Waals surface area contributed by atoms with Crippen LogP contribution in [-0.2, 0) is 10.0 Å². The molecule has 1 aliphatic heterocycles. The van der Waals surface area contributed by atoms with Gasteiger partial charge in [0, 0.05) is 9.80 Å². The lowest BCUT2D eigenvalue weighted by Crippen LogP contribution is -2.16. The monoisotopic (exact) mass is 291 g/mol. The Balaban J connectivity index is 2.06. The third-order valence-electron chi connectivity index (χ3n) is 3.22. The molecule has 0 bridgehead atoms. The van der Waals surface area contributed by atoms with Gasteiger partial charge in [0.25, 0.3) is 0 Å². The second kappa shape index (κ2) is 4.67. The van der Waals surface area contributed by atoms with Crippen LogP contribution in [0.2, 0.25) is 0 Å². The third-order valence-corrected chi connectivity index (χ3v) is 5.46. The lowest BCUT2D eigenvalue weighted by molar-refractivity contribution is 0.601. The van der Waals surface area contributed by atoms with Crippen LogP contribution < -0.4 is 5.14 Å². The van der Waals surface area contributed by atoms with E-state index in [1.165, 1.54) is 5.57 Å². The van der Waals surface area contributed by atoms with Crippen molar-refractivity contribution >= 4 is 27.9 Å². The van der Waals surface area contributed by atoms with Gasteiger partial charge < -0.3 is 0 Å². The molecular formula is C14H13NO2S2. The topological polar surface area (TPSA) is 60.2 Å². The number of hydrogen-bond donors (Lipinski definition) is 1. The molecule has 0 aromatic heterocycles. The first-order valence-corrected chi connectivity index (χ1v) is 8.32. The minimum atomic E-state index is -3.58. The molecule has 1 aromatic carbocycles. The Bertz CT molecular complexity index is 728. The number of nitrogens with two attached hydrogens (primary N) is 1. The summed E-state index contributed by atoms with van der Waals surface area (Å²) in [5.74, 6) is 0. The Morgan fingerprint density at radius 2 is 1.89 bits per heavy atom. The Hall–Kier alpha value is -1.30. The van der Waals surface area contributed by atoms with E-state index in [0.29, 0.717) is 11.3 Å². The van der Waals surface area contributed by atoms with Crippen molar-refractivity contribution in [2.24, 2.45) is 5.14 Å². The van der Waals surface area contributed by atoms with Gasteiger partial charge in [-0.05, 0) is 36.1 Å². The van der Waals surface area contributed by atoms with Gasteiger partial charge in [-0.3, -0.25) is 0 Å². The summed E-state index contributed by atoms with van der Waals surface area (Å²) in [6, 6.07) is 8.08. The lowest BCUT2D eigenvalue weighted by Gasteiger charge is -2.15. The molecular weight excluding hydrogens is 278 g/mol.